The molecule has 0 spiro atoms. The van der Waals surface area contributed by atoms with Crippen LogP contribution in [-0.2, 0) is 17.8 Å². The van der Waals surface area contributed by atoms with Crippen LogP contribution in [0.1, 0.15) is 72.5 Å². The number of aromatic amines is 1. The molecule has 2 aromatic rings. The highest BCUT2D eigenvalue weighted by Crippen LogP contribution is 2.30. The Bertz CT molecular complexity index is 988. The molecule has 2 aliphatic rings. The molecular weight excluding hydrogens is 382 g/mol. The maximum Gasteiger partial charge on any atom is 0.256 e. The van der Waals surface area contributed by atoms with E-state index in [1.165, 1.54) is 0 Å². The van der Waals surface area contributed by atoms with Gasteiger partial charge in [-0.15, -0.1) is 0 Å². The lowest BCUT2D eigenvalue weighted by Gasteiger charge is -2.36. The van der Waals surface area contributed by atoms with Crippen molar-refractivity contribution in [3.05, 3.63) is 57.5 Å². The number of rotatable bonds is 4. The van der Waals surface area contributed by atoms with Crippen molar-refractivity contribution in [3.63, 3.8) is 0 Å². The monoisotopic (exact) mass is 409 g/mol. The van der Waals surface area contributed by atoms with Crippen molar-refractivity contribution in [1.29, 1.82) is 0 Å². The summed E-state index contributed by atoms with van der Waals surface area (Å²) >= 11 is 0. The molecule has 0 unspecified atom stereocenters. The molecule has 0 aliphatic carbocycles. The Labute approximate surface area is 175 Å². The SMILES string of the molecule is CCCC(=O)N1CCc2c(nc([C@H]3CCCCN3C(=O)c3cccnc3)[nH]c2=O)C1. The number of nitrogens with zero attached hydrogens (tertiary/aromatic N) is 4. The van der Waals surface area contributed by atoms with Gasteiger partial charge < -0.3 is 14.8 Å². The Morgan fingerprint density at radius 2 is 2.13 bits per heavy atom. The van der Waals surface area contributed by atoms with E-state index in [1.54, 1.807) is 34.3 Å². The van der Waals surface area contributed by atoms with Crippen LogP contribution in [0.15, 0.2) is 29.3 Å². The van der Waals surface area contributed by atoms with Gasteiger partial charge in [-0.1, -0.05) is 6.92 Å². The average molecular weight is 409 g/mol. The van der Waals surface area contributed by atoms with E-state index in [2.05, 4.69) is 9.97 Å². The first-order valence-corrected chi connectivity index (χ1v) is 10.7. The van der Waals surface area contributed by atoms with Crippen LogP contribution in [0.4, 0.5) is 0 Å². The number of likely N-dealkylation sites (tertiary alicyclic amines) is 1. The highest BCUT2D eigenvalue weighted by Gasteiger charge is 2.32. The summed E-state index contributed by atoms with van der Waals surface area (Å²) in [6.07, 6.45) is 7.63. The van der Waals surface area contributed by atoms with Crippen molar-refractivity contribution in [2.24, 2.45) is 0 Å². The summed E-state index contributed by atoms with van der Waals surface area (Å²) in [4.78, 5) is 53.5. The van der Waals surface area contributed by atoms with Crippen molar-refractivity contribution >= 4 is 11.8 Å². The van der Waals surface area contributed by atoms with Crippen LogP contribution in [0.25, 0.3) is 0 Å². The van der Waals surface area contributed by atoms with E-state index in [0.29, 0.717) is 55.1 Å². The molecule has 4 heterocycles. The molecule has 1 atom stereocenters. The van der Waals surface area contributed by atoms with Gasteiger partial charge in [0.05, 0.1) is 23.8 Å². The van der Waals surface area contributed by atoms with Gasteiger partial charge in [-0.2, -0.15) is 0 Å². The number of carbonyl (C=O) groups is 2. The molecule has 158 valence electrons. The van der Waals surface area contributed by atoms with Gasteiger partial charge in [0.2, 0.25) is 5.91 Å². The van der Waals surface area contributed by atoms with Crippen molar-refractivity contribution in [3.8, 4) is 0 Å². The summed E-state index contributed by atoms with van der Waals surface area (Å²) in [5, 5.41) is 0. The number of H-pyrrole nitrogens is 1. The summed E-state index contributed by atoms with van der Waals surface area (Å²) in [5.41, 5.74) is 1.68. The zero-order valence-corrected chi connectivity index (χ0v) is 17.3. The molecule has 0 aromatic carbocycles. The Kier molecular flexibility index (Phi) is 5.92. The minimum Gasteiger partial charge on any atom is -0.336 e. The Balaban J connectivity index is 1.63. The lowest BCUT2D eigenvalue weighted by Crippen LogP contribution is -2.42. The molecule has 30 heavy (non-hydrogen) atoms. The third-order valence-corrected chi connectivity index (χ3v) is 5.90. The van der Waals surface area contributed by atoms with Gasteiger partial charge in [0.25, 0.3) is 11.5 Å². The molecule has 0 saturated carbocycles. The van der Waals surface area contributed by atoms with Crippen LogP contribution in [0, 0.1) is 0 Å². The van der Waals surface area contributed by atoms with Crippen molar-refractivity contribution in [1.82, 2.24) is 24.8 Å². The number of fused-ring (bicyclic) bond motifs is 1. The number of piperidine rings is 1. The zero-order valence-electron chi connectivity index (χ0n) is 17.3. The van der Waals surface area contributed by atoms with Crippen LogP contribution in [0.3, 0.4) is 0 Å². The van der Waals surface area contributed by atoms with E-state index >= 15 is 0 Å². The summed E-state index contributed by atoms with van der Waals surface area (Å²) in [7, 11) is 0. The van der Waals surface area contributed by atoms with Crippen LogP contribution < -0.4 is 5.56 Å². The van der Waals surface area contributed by atoms with Gasteiger partial charge in [0, 0.05) is 37.5 Å². The van der Waals surface area contributed by atoms with Gasteiger partial charge in [-0.3, -0.25) is 19.4 Å². The molecule has 8 heteroatoms. The maximum atomic E-state index is 13.1. The van der Waals surface area contributed by atoms with E-state index in [-0.39, 0.29) is 23.4 Å². The highest BCUT2D eigenvalue weighted by molar-refractivity contribution is 5.94. The van der Waals surface area contributed by atoms with Gasteiger partial charge >= 0.3 is 0 Å². The van der Waals surface area contributed by atoms with Crippen LogP contribution in [0.2, 0.25) is 0 Å². The fourth-order valence-corrected chi connectivity index (χ4v) is 4.32. The Morgan fingerprint density at radius 3 is 2.90 bits per heavy atom. The van der Waals surface area contributed by atoms with Crippen LogP contribution in [0.5, 0.6) is 0 Å². The number of carbonyl (C=O) groups excluding carboxylic acids is 2. The average Bonchev–Trinajstić information content (AvgIpc) is 2.79. The smallest absolute Gasteiger partial charge is 0.256 e. The molecule has 0 bridgehead atoms. The van der Waals surface area contributed by atoms with Crippen molar-refractivity contribution < 1.29 is 9.59 Å². The Hall–Kier alpha value is -3.03. The topological polar surface area (TPSA) is 99.3 Å². The minimum atomic E-state index is -0.286. The molecule has 1 fully saturated rings. The first kappa shape index (κ1) is 20.3. The number of amides is 2. The zero-order chi connectivity index (χ0) is 21.1. The third-order valence-electron chi connectivity index (χ3n) is 5.90. The third kappa shape index (κ3) is 3.99. The summed E-state index contributed by atoms with van der Waals surface area (Å²) in [5.74, 6) is 0.506. The fraction of sp³-hybridized carbons (Fsp3) is 0.500. The number of nitrogens with one attached hydrogen (secondary N) is 1. The van der Waals surface area contributed by atoms with E-state index in [9.17, 15) is 14.4 Å². The fourth-order valence-electron chi connectivity index (χ4n) is 4.32. The number of aromatic nitrogens is 3. The molecule has 2 amide bonds. The van der Waals surface area contributed by atoms with Crippen LogP contribution in [-0.4, -0.2) is 49.7 Å². The molecule has 1 saturated heterocycles. The second kappa shape index (κ2) is 8.77. The second-order valence-electron chi connectivity index (χ2n) is 7.94. The Morgan fingerprint density at radius 1 is 1.27 bits per heavy atom. The number of pyridine rings is 1. The van der Waals surface area contributed by atoms with Gasteiger partial charge in [-0.25, -0.2) is 4.98 Å². The first-order chi connectivity index (χ1) is 14.6. The minimum absolute atomic E-state index is 0.0952. The van der Waals surface area contributed by atoms with Crippen molar-refractivity contribution in [2.75, 3.05) is 13.1 Å². The van der Waals surface area contributed by atoms with Crippen molar-refractivity contribution in [2.45, 2.75) is 58.0 Å². The molecule has 2 aliphatic heterocycles. The lowest BCUT2D eigenvalue weighted by atomic mass is 9.99. The quantitative estimate of drug-likeness (QED) is 0.835. The number of hydrogen-bond donors (Lipinski definition) is 1. The predicted octanol–water partition coefficient (Wildman–Crippen LogP) is 2.22. The largest absolute Gasteiger partial charge is 0.336 e. The summed E-state index contributed by atoms with van der Waals surface area (Å²) in [6.45, 7) is 3.49. The summed E-state index contributed by atoms with van der Waals surface area (Å²) < 4.78 is 0. The maximum absolute atomic E-state index is 13.1. The summed E-state index contributed by atoms with van der Waals surface area (Å²) in [6, 6.07) is 3.21. The molecule has 1 N–H and O–H groups in total. The highest BCUT2D eigenvalue weighted by atomic mass is 16.2. The number of hydrogen-bond acceptors (Lipinski definition) is 5. The van der Waals surface area contributed by atoms with E-state index in [0.717, 1.165) is 25.7 Å². The first-order valence-electron chi connectivity index (χ1n) is 10.7. The molecule has 4 rings (SSSR count). The molecule has 2 aromatic heterocycles. The van der Waals surface area contributed by atoms with Gasteiger partial charge in [0.1, 0.15) is 5.82 Å². The standard InChI is InChI=1S/C22H27N5O3/c1-2-6-19(28)26-12-9-16-17(14-26)24-20(25-21(16)29)18-8-3-4-11-27(18)22(30)15-7-5-10-23-13-15/h5,7,10,13,18H,2-4,6,8-9,11-12,14H2,1H3,(H,24,25,29)/t18-/m1/s1. The molecule has 8 nitrogen and oxygen atoms in total. The van der Waals surface area contributed by atoms with E-state index < -0.39 is 0 Å². The van der Waals surface area contributed by atoms with Gasteiger partial charge in [0.15, 0.2) is 0 Å². The predicted molar refractivity (Wildman–Crippen MR) is 111 cm³/mol. The van der Waals surface area contributed by atoms with E-state index in [4.69, 9.17) is 4.98 Å². The van der Waals surface area contributed by atoms with Crippen LogP contribution >= 0.6 is 0 Å². The second-order valence-corrected chi connectivity index (χ2v) is 7.94. The molecule has 0 radical (unpaired) electrons. The van der Waals surface area contributed by atoms with Gasteiger partial charge in [-0.05, 0) is 44.2 Å². The lowest BCUT2D eigenvalue weighted by molar-refractivity contribution is -0.132. The van der Waals surface area contributed by atoms with E-state index in [1.807, 2.05) is 6.92 Å². The normalized spacial score (nSPS) is 18.8. The molecular formula is C22H27N5O3.